The number of amides is 2. The van der Waals surface area contributed by atoms with Crippen molar-refractivity contribution < 1.29 is 23.9 Å². The van der Waals surface area contributed by atoms with Crippen LogP contribution in [0, 0.1) is 0 Å². The maximum Gasteiger partial charge on any atom is 0.305 e. The second-order valence-electron chi connectivity index (χ2n) is 4.60. The summed E-state index contributed by atoms with van der Waals surface area (Å²) in [6, 6.07) is 2.26. The SMILES string of the molecule is CSCc1ccc(C(=O)N2CCNC(=O)C2CC(=O)O)o1. The zero-order chi connectivity index (χ0) is 15.4. The van der Waals surface area contributed by atoms with Gasteiger partial charge in [-0.15, -0.1) is 0 Å². The summed E-state index contributed by atoms with van der Waals surface area (Å²) in [6.45, 7) is 0.570. The van der Waals surface area contributed by atoms with E-state index in [4.69, 9.17) is 9.52 Å². The van der Waals surface area contributed by atoms with Gasteiger partial charge < -0.3 is 19.7 Å². The van der Waals surface area contributed by atoms with Crippen LogP contribution < -0.4 is 5.32 Å². The molecule has 0 aliphatic carbocycles. The summed E-state index contributed by atoms with van der Waals surface area (Å²) >= 11 is 1.56. The molecule has 2 rings (SSSR count). The van der Waals surface area contributed by atoms with Crippen LogP contribution in [0.1, 0.15) is 22.7 Å². The maximum absolute atomic E-state index is 12.4. The number of thioether (sulfide) groups is 1. The topological polar surface area (TPSA) is 99.9 Å². The minimum atomic E-state index is -1.13. The Bertz CT molecular complexity index is 557. The van der Waals surface area contributed by atoms with Gasteiger partial charge in [0.1, 0.15) is 11.8 Å². The summed E-state index contributed by atoms with van der Waals surface area (Å²) < 4.78 is 5.44. The molecule has 1 aromatic rings. The average molecular weight is 312 g/mol. The highest BCUT2D eigenvalue weighted by Crippen LogP contribution is 2.18. The number of carboxylic acid groups (broad SMARTS) is 1. The van der Waals surface area contributed by atoms with Gasteiger partial charge in [0.2, 0.25) is 5.91 Å². The quantitative estimate of drug-likeness (QED) is 0.824. The molecule has 1 fully saturated rings. The van der Waals surface area contributed by atoms with Crippen LogP contribution in [0.15, 0.2) is 16.5 Å². The monoisotopic (exact) mass is 312 g/mol. The van der Waals surface area contributed by atoms with Gasteiger partial charge in [0.25, 0.3) is 5.91 Å². The third-order valence-corrected chi connectivity index (χ3v) is 3.69. The van der Waals surface area contributed by atoms with Gasteiger partial charge in [-0.25, -0.2) is 0 Å². The van der Waals surface area contributed by atoms with E-state index in [1.54, 1.807) is 23.9 Å². The van der Waals surface area contributed by atoms with E-state index in [1.165, 1.54) is 4.90 Å². The van der Waals surface area contributed by atoms with Crippen LogP contribution in [0.5, 0.6) is 0 Å². The number of hydrogen-bond acceptors (Lipinski definition) is 5. The van der Waals surface area contributed by atoms with Crippen LogP contribution in [0.3, 0.4) is 0 Å². The molecule has 0 spiro atoms. The van der Waals surface area contributed by atoms with E-state index in [2.05, 4.69) is 5.32 Å². The first-order valence-corrected chi connectivity index (χ1v) is 7.80. The molecular formula is C13H16N2O5S. The van der Waals surface area contributed by atoms with Crippen LogP contribution in [0.25, 0.3) is 0 Å². The molecule has 2 N–H and O–H groups in total. The molecule has 7 nitrogen and oxygen atoms in total. The van der Waals surface area contributed by atoms with Gasteiger partial charge in [-0.05, 0) is 18.4 Å². The lowest BCUT2D eigenvalue weighted by atomic mass is 10.1. The van der Waals surface area contributed by atoms with E-state index in [0.717, 1.165) is 0 Å². The molecule has 0 saturated carbocycles. The third-order valence-electron chi connectivity index (χ3n) is 3.12. The molecule has 8 heteroatoms. The summed E-state index contributed by atoms with van der Waals surface area (Å²) in [4.78, 5) is 36.3. The number of nitrogens with zero attached hydrogens (tertiary/aromatic N) is 1. The lowest BCUT2D eigenvalue weighted by molar-refractivity contribution is -0.142. The van der Waals surface area contributed by atoms with Gasteiger partial charge >= 0.3 is 5.97 Å². The molecule has 114 valence electrons. The summed E-state index contributed by atoms with van der Waals surface area (Å²) in [5, 5.41) is 11.5. The molecule has 0 radical (unpaired) electrons. The lowest BCUT2D eigenvalue weighted by Gasteiger charge is -2.33. The normalized spacial score (nSPS) is 18.4. The zero-order valence-corrected chi connectivity index (χ0v) is 12.3. The zero-order valence-electron chi connectivity index (χ0n) is 11.5. The maximum atomic E-state index is 12.4. The second-order valence-corrected chi connectivity index (χ2v) is 5.47. The molecule has 1 atom stereocenters. The number of nitrogens with one attached hydrogen (secondary N) is 1. The van der Waals surface area contributed by atoms with Crippen LogP contribution >= 0.6 is 11.8 Å². The molecule has 0 bridgehead atoms. The first kappa shape index (κ1) is 15.4. The number of piperazine rings is 1. The van der Waals surface area contributed by atoms with Gasteiger partial charge in [0.15, 0.2) is 5.76 Å². The molecule has 1 aliphatic rings. The third kappa shape index (κ3) is 3.57. The van der Waals surface area contributed by atoms with Crippen molar-refractivity contribution in [2.75, 3.05) is 19.3 Å². The van der Waals surface area contributed by atoms with Crippen molar-refractivity contribution in [1.82, 2.24) is 10.2 Å². The number of carbonyl (C=O) groups excluding carboxylic acids is 2. The highest BCUT2D eigenvalue weighted by molar-refractivity contribution is 7.97. The minimum Gasteiger partial charge on any atom is -0.481 e. The van der Waals surface area contributed by atoms with Crippen molar-refractivity contribution in [2.24, 2.45) is 0 Å². The molecule has 0 aromatic carbocycles. The first-order valence-electron chi connectivity index (χ1n) is 6.41. The largest absolute Gasteiger partial charge is 0.481 e. The van der Waals surface area contributed by atoms with Crippen molar-refractivity contribution in [3.63, 3.8) is 0 Å². The van der Waals surface area contributed by atoms with E-state index >= 15 is 0 Å². The minimum absolute atomic E-state index is 0.129. The Kier molecular flexibility index (Phi) is 4.89. The van der Waals surface area contributed by atoms with Crippen LogP contribution in [0.2, 0.25) is 0 Å². The van der Waals surface area contributed by atoms with Crippen LogP contribution in [-0.2, 0) is 15.3 Å². The predicted octanol–water partition coefficient (Wildman–Crippen LogP) is 0.558. The number of furan rings is 1. The Morgan fingerprint density at radius 2 is 2.29 bits per heavy atom. The van der Waals surface area contributed by atoms with Gasteiger partial charge in [-0.3, -0.25) is 14.4 Å². The Hall–Kier alpha value is -1.96. The van der Waals surface area contributed by atoms with Gasteiger partial charge in [-0.1, -0.05) is 0 Å². The molecule has 21 heavy (non-hydrogen) atoms. The Labute approximate surface area is 125 Å². The highest BCUT2D eigenvalue weighted by atomic mass is 32.2. The fraction of sp³-hybridized carbons (Fsp3) is 0.462. The molecule has 1 aromatic heterocycles. The first-order chi connectivity index (χ1) is 10.0. The average Bonchev–Trinajstić information content (AvgIpc) is 2.89. The molecule has 1 unspecified atom stereocenters. The van der Waals surface area contributed by atoms with E-state index in [1.807, 2.05) is 6.26 Å². The number of hydrogen-bond donors (Lipinski definition) is 2. The fourth-order valence-electron chi connectivity index (χ4n) is 2.18. The van der Waals surface area contributed by atoms with E-state index in [9.17, 15) is 14.4 Å². The van der Waals surface area contributed by atoms with Crippen molar-refractivity contribution in [3.8, 4) is 0 Å². The molecular weight excluding hydrogens is 296 g/mol. The van der Waals surface area contributed by atoms with Crippen molar-refractivity contribution in [1.29, 1.82) is 0 Å². The van der Waals surface area contributed by atoms with Gasteiger partial charge in [0, 0.05) is 13.1 Å². The fourth-order valence-corrected chi connectivity index (χ4v) is 2.62. The summed E-state index contributed by atoms with van der Waals surface area (Å²) in [7, 11) is 0. The molecule has 1 aliphatic heterocycles. The molecule has 2 amide bonds. The van der Waals surface area contributed by atoms with E-state index in [-0.39, 0.29) is 12.3 Å². The van der Waals surface area contributed by atoms with Gasteiger partial charge in [-0.2, -0.15) is 11.8 Å². The molecule has 1 saturated heterocycles. The lowest BCUT2D eigenvalue weighted by Crippen LogP contribution is -2.57. The summed E-state index contributed by atoms with van der Waals surface area (Å²) in [6.07, 6.45) is 1.50. The number of rotatable bonds is 5. The molecule has 2 heterocycles. The predicted molar refractivity (Wildman–Crippen MR) is 76.0 cm³/mol. The Balaban J connectivity index is 2.17. The van der Waals surface area contributed by atoms with Crippen molar-refractivity contribution >= 4 is 29.5 Å². The van der Waals surface area contributed by atoms with Gasteiger partial charge in [0.05, 0.1) is 12.2 Å². The number of aliphatic carboxylic acids is 1. The van der Waals surface area contributed by atoms with Crippen molar-refractivity contribution in [2.45, 2.75) is 18.2 Å². The summed E-state index contributed by atoms with van der Waals surface area (Å²) in [5.41, 5.74) is 0. The number of carbonyl (C=O) groups is 3. The van der Waals surface area contributed by atoms with Crippen LogP contribution in [0.4, 0.5) is 0 Å². The summed E-state index contributed by atoms with van der Waals surface area (Å²) in [5.74, 6) is -0.591. The Morgan fingerprint density at radius 3 is 2.95 bits per heavy atom. The standard InChI is InChI=1S/C13H16N2O5S/c1-21-7-8-2-3-10(20-8)13(19)15-5-4-14-12(18)9(15)6-11(16)17/h2-3,9H,4-7H2,1H3,(H,14,18)(H,16,17). The van der Waals surface area contributed by atoms with Crippen molar-refractivity contribution in [3.05, 3.63) is 23.7 Å². The van der Waals surface area contributed by atoms with E-state index in [0.29, 0.717) is 18.1 Å². The van der Waals surface area contributed by atoms with Crippen LogP contribution in [-0.4, -0.2) is 53.2 Å². The number of carboxylic acids is 1. The highest BCUT2D eigenvalue weighted by Gasteiger charge is 2.36. The smallest absolute Gasteiger partial charge is 0.305 e. The second kappa shape index (κ2) is 6.66. The Morgan fingerprint density at radius 1 is 1.52 bits per heavy atom. The van der Waals surface area contributed by atoms with E-state index < -0.39 is 30.2 Å².